The number of H-pyrrole nitrogens is 1. The van der Waals surface area contributed by atoms with Crippen LogP contribution in [0, 0.1) is 6.92 Å². The van der Waals surface area contributed by atoms with Crippen LogP contribution in [-0.4, -0.2) is 40.2 Å². The summed E-state index contributed by atoms with van der Waals surface area (Å²) < 4.78 is 30.5. The number of hydrogen-bond acceptors (Lipinski definition) is 6. The SMILES string of the molecule is Cc1cn(C2C[C@H](F)[C@@H](COC(=O)OC(C)(C)C)O2)c(=O)[nH]c1=O. The fourth-order valence-electron chi connectivity index (χ4n) is 2.24. The second-order valence-corrected chi connectivity index (χ2v) is 6.63. The van der Waals surface area contributed by atoms with Crippen LogP contribution in [0.3, 0.4) is 0 Å². The number of aryl methyl sites for hydroxylation is 1. The number of carbonyl (C=O) groups excluding carboxylic acids is 1. The number of nitrogens with one attached hydrogen (secondary N) is 1. The summed E-state index contributed by atoms with van der Waals surface area (Å²) in [5, 5.41) is 0. The zero-order valence-electron chi connectivity index (χ0n) is 14.0. The van der Waals surface area contributed by atoms with E-state index in [1.165, 1.54) is 13.1 Å². The Morgan fingerprint density at radius 2 is 2.12 bits per heavy atom. The van der Waals surface area contributed by atoms with Crippen molar-refractivity contribution in [2.24, 2.45) is 0 Å². The van der Waals surface area contributed by atoms with Crippen LogP contribution < -0.4 is 11.2 Å². The highest BCUT2D eigenvalue weighted by atomic mass is 19.1. The van der Waals surface area contributed by atoms with E-state index in [-0.39, 0.29) is 13.0 Å². The van der Waals surface area contributed by atoms with E-state index >= 15 is 0 Å². The number of rotatable bonds is 3. The van der Waals surface area contributed by atoms with Gasteiger partial charge in [0, 0.05) is 18.2 Å². The molecule has 0 spiro atoms. The molecule has 1 unspecified atom stereocenters. The summed E-state index contributed by atoms with van der Waals surface area (Å²) in [5.74, 6) is 0. The van der Waals surface area contributed by atoms with Crippen molar-refractivity contribution in [3.63, 3.8) is 0 Å². The summed E-state index contributed by atoms with van der Waals surface area (Å²) in [6, 6.07) is 0. The predicted molar refractivity (Wildman–Crippen MR) is 81.7 cm³/mol. The molecule has 1 aromatic rings. The van der Waals surface area contributed by atoms with Crippen LogP contribution in [0.4, 0.5) is 9.18 Å². The maximum Gasteiger partial charge on any atom is 0.508 e. The summed E-state index contributed by atoms with van der Waals surface area (Å²) in [5.41, 5.74) is -1.60. The molecule has 1 aliphatic rings. The van der Waals surface area contributed by atoms with Crippen LogP contribution >= 0.6 is 0 Å². The van der Waals surface area contributed by atoms with Gasteiger partial charge in [-0.15, -0.1) is 0 Å². The lowest BCUT2D eigenvalue weighted by atomic mass is 10.2. The molecule has 2 heterocycles. The van der Waals surface area contributed by atoms with Crippen molar-refractivity contribution in [2.45, 2.75) is 58.2 Å². The van der Waals surface area contributed by atoms with Gasteiger partial charge in [-0.1, -0.05) is 0 Å². The van der Waals surface area contributed by atoms with Crippen molar-refractivity contribution < 1.29 is 23.4 Å². The monoisotopic (exact) mass is 344 g/mol. The molecule has 1 saturated heterocycles. The molecule has 1 aromatic heterocycles. The number of carbonyl (C=O) groups is 1. The van der Waals surface area contributed by atoms with E-state index in [0.717, 1.165) is 4.57 Å². The molecule has 0 saturated carbocycles. The Bertz CT molecular complexity index is 720. The van der Waals surface area contributed by atoms with Crippen LogP contribution in [-0.2, 0) is 14.2 Å². The molecular formula is C15H21FN2O6. The molecule has 0 aliphatic carbocycles. The lowest BCUT2D eigenvalue weighted by molar-refractivity contribution is -0.0623. The molecule has 1 fully saturated rings. The molecular weight excluding hydrogens is 323 g/mol. The minimum Gasteiger partial charge on any atom is -0.431 e. The van der Waals surface area contributed by atoms with Crippen LogP contribution in [0.25, 0.3) is 0 Å². The van der Waals surface area contributed by atoms with Gasteiger partial charge >= 0.3 is 11.8 Å². The zero-order chi connectivity index (χ0) is 18.1. The number of alkyl halides is 1. The second-order valence-electron chi connectivity index (χ2n) is 6.63. The summed E-state index contributed by atoms with van der Waals surface area (Å²) >= 11 is 0. The maximum atomic E-state index is 14.1. The number of halogens is 1. The van der Waals surface area contributed by atoms with Crippen molar-refractivity contribution in [2.75, 3.05) is 6.61 Å². The molecule has 134 valence electrons. The Hall–Kier alpha value is -2.16. The van der Waals surface area contributed by atoms with Crippen molar-refractivity contribution in [3.8, 4) is 0 Å². The molecule has 3 atom stereocenters. The van der Waals surface area contributed by atoms with Crippen molar-refractivity contribution in [1.29, 1.82) is 0 Å². The van der Waals surface area contributed by atoms with Crippen LogP contribution in [0.2, 0.25) is 0 Å². The Morgan fingerprint density at radius 3 is 2.75 bits per heavy atom. The van der Waals surface area contributed by atoms with Gasteiger partial charge in [-0.2, -0.15) is 0 Å². The number of hydrogen-bond donors (Lipinski definition) is 1. The predicted octanol–water partition coefficient (Wildman–Crippen LogP) is 1.42. The average Bonchev–Trinajstić information content (AvgIpc) is 2.80. The average molecular weight is 344 g/mol. The third-order valence-electron chi connectivity index (χ3n) is 3.37. The van der Waals surface area contributed by atoms with Crippen molar-refractivity contribution >= 4 is 6.16 Å². The smallest absolute Gasteiger partial charge is 0.431 e. The molecule has 0 aromatic carbocycles. The van der Waals surface area contributed by atoms with E-state index in [0.29, 0.717) is 5.56 Å². The first-order chi connectivity index (χ1) is 11.1. The van der Waals surface area contributed by atoms with Crippen LogP contribution in [0.15, 0.2) is 15.8 Å². The van der Waals surface area contributed by atoms with E-state index < -0.39 is 41.5 Å². The summed E-state index contributed by atoms with van der Waals surface area (Å²) in [4.78, 5) is 36.8. The molecule has 2 rings (SSSR count). The van der Waals surface area contributed by atoms with Gasteiger partial charge in [-0.25, -0.2) is 14.0 Å². The fourth-order valence-corrected chi connectivity index (χ4v) is 2.24. The standard InChI is InChI=1S/C15H21FN2O6/c1-8-6-18(13(20)17-12(8)19)11-5-9(16)10(23-11)7-22-14(21)24-15(2,3)4/h6,9-11H,5,7H2,1-4H3,(H,17,19,20)/t9-,10+,11?/m0/s1. The third-order valence-corrected chi connectivity index (χ3v) is 3.37. The van der Waals surface area contributed by atoms with Gasteiger partial charge in [0.15, 0.2) is 0 Å². The molecule has 8 nitrogen and oxygen atoms in total. The number of ether oxygens (including phenoxy) is 3. The lowest BCUT2D eigenvalue weighted by Gasteiger charge is -2.20. The maximum absolute atomic E-state index is 14.1. The Labute approximate surface area is 137 Å². The number of nitrogens with zero attached hydrogens (tertiary/aromatic N) is 1. The molecule has 1 aliphatic heterocycles. The first-order valence-electron chi connectivity index (χ1n) is 7.54. The fraction of sp³-hybridized carbons (Fsp3) is 0.667. The van der Waals surface area contributed by atoms with Crippen molar-refractivity contribution in [3.05, 3.63) is 32.6 Å². The largest absolute Gasteiger partial charge is 0.508 e. The molecule has 0 radical (unpaired) electrons. The van der Waals surface area contributed by atoms with E-state index in [4.69, 9.17) is 14.2 Å². The number of aromatic nitrogens is 2. The van der Waals surface area contributed by atoms with Crippen LogP contribution in [0.5, 0.6) is 0 Å². The van der Waals surface area contributed by atoms with Crippen molar-refractivity contribution in [1.82, 2.24) is 9.55 Å². The molecule has 1 N–H and O–H groups in total. The Morgan fingerprint density at radius 1 is 1.46 bits per heavy atom. The van der Waals surface area contributed by atoms with Gasteiger partial charge in [-0.05, 0) is 27.7 Å². The molecule has 9 heteroatoms. The quantitative estimate of drug-likeness (QED) is 0.833. The second kappa shape index (κ2) is 6.76. The highest BCUT2D eigenvalue weighted by Gasteiger charge is 2.38. The van der Waals surface area contributed by atoms with Gasteiger partial charge < -0.3 is 14.2 Å². The topological polar surface area (TPSA) is 99.6 Å². The minimum absolute atomic E-state index is 0.0895. The summed E-state index contributed by atoms with van der Waals surface area (Å²) in [6.45, 7) is 6.24. The highest BCUT2D eigenvalue weighted by Crippen LogP contribution is 2.30. The van der Waals surface area contributed by atoms with Gasteiger partial charge in [0.2, 0.25) is 0 Å². The third kappa shape index (κ3) is 4.44. The van der Waals surface area contributed by atoms with E-state index in [9.17, 15) is 18.8 Å². The first kappa shape index (κ1) is 18.2. The van der Waals surface area contributed by atoms with E-state index in [2.05, 4.69) is 4.98 Å². The summed E-state index contributed by atoms with van der Waals surface area (Å²) in [7, 11) is 0. The lowest BCUT2D eigenvalue weighted by Crippen LogP contribution is -2.33. The zero-order valence-corrected chi connectivity index (χ0v) is 14.0. The molecule has 0 amide bonds. The Kier molecular flexibility index (Phi) is 5.12. The summed E-state index contributed by atoms with van der Waals surface area (Å²) in [6.07, 6.45) is -3.00. The first-order valence-corrected chi connectivity index (χ1v) is 7.54. The van der Waals surface area contributed by atoms with Gasteiger partial charge in [0.05, 0.1) is 0 Å². The van der Waals surface area contributed by atoms with Gasteiger partial charge in [-0.3, -0.25) is 14.3 Å². The van der Waals surface area contributed by atoms with Crippen LogP contribution in [0.1, 0.15) is 39.0 Å². The molecule has 24 heavy (non-hydrogen) atoms. The van der Waals surface area contributed by atoms with Gasteiger partial charge in [0.1, 0.15) is 30.7 Å². The number of aromatic amines is 1. The van der Waals surface area contributed by atoms with E-state index in [1.54, 1.807) is 20.8 Å². The minimum atomic E-state index is -1.42. The van der Waals surface area contributed by atoms with Gasteiger partial charge in [0.25, 0.3) is 5.56 Å². The normalized spacial score (nSPS) is 24.0. The van der Waals surface area contributed by atoms with E-state index in [1.807, 2.05) is 0 Å². The highest BCUT2D eigenvalue weighted by molar-refractivity contribution is 5.60. The Balaban J connectivity index is 2.00. The molecule has 0 bridgehead atoms.